The number of fused-ring (bicyclic) bond motifs is 1. The van der Waals surface area contributed by atoms with E-state index in [2.05, 4.69) is 6.58 Å². The maximum atomic E-state index is 12.5. The first kappa shape index (κ1) is 17.6. The molecule has 2 heterocycles. The van der Waals surface area contributed by atoms with Crippen molar-refractivity contribution >= 4 is 11.8 Å². The quantitative estimate of drug-likeness (QED) is 0.405. The van der Waals surface area contributed by atoms with Gasteiger partial charge in [0.2, 0.25) is 0 Å². The van der Waals surface area contributed by atoms with E-state index in [1.165, 1.54) is 6.08 Å². The van der Waals surface area contributed by atoms with Crippen LogP contribution < -0.4 is 0 Å². The maximum Gasteiger partial charge on any atom is 0.306 e. The highest BCUT2D eigenvalue weighted by atomic mass is 16.6. The normalized spacial score (nSPS) is 56.2. The summed E-state index contributed by atoms with van der Waals surface area (Å²) in [6.45, 7) is 7.64. The number of hydrogen-bond donors (Lipinski definition) is 3. The van der Waals surface area contributed by atoms with Crippen LogP contribution >= 0.6 is 0 Å². The monoisotopic (exact) mass is 376 g/mol. The van der Waals surface area contributed by atoms with Gasteiger partial charge in [-0.15, -0.1) is 0 Å². The van der Waals surface area contributed by atoms with Crippen LogP contribution in [0.2, 0.25) is 0 Å². The van der Waals surface area contributed by atoms with Gasteiger partial charge in [-0.2, -0.15) is 0 Å². The van der Waals surface area contributed by atoms with Crippen molar-refractivity contribution in [3.8, 4) is 0 Å². The lowest BCUT2D eigenvalue weighted by Crippen LogP contribution is -2.74. The van der Waals surface area contributed by atoms with Gasteiger partial charge in [0.15, 0.2) is 11.6 Å². The molecule has 2 aliphatic heterocycles. The molecule has 2 saturated heterocycles. The maximum absolute atomic E-state index is 12.5. The Morgan fingerprint density at radius 2 is 1.93 bits per heavy atom. The molecular weight excluding hydrogens is 352 g/mol. The standard InChI is InChI=1S/C20H24O7/c1-8-4-12(21)16(24)18(3)10(8)5-13-19-7-26-20(25,17(18)19)15(23)9(2)11(19)6-14(22)27-13/h4,10-11,13,15-17,23-25H,2,5-7H2,1,3H3/t10-,11-,13+,15+,16+,17+,18+,19+,20-/m0/s1. The first-order valence-electron chi connectivity index (χ1n) is 9.41. The lowest BCUT2D eigenvalue weighted by atomic mass is 9.39. The molecular formula is C20H24O7. The second kappa shape index (κ2) is 4.89. The number of hydrogen-bond acceptors (Lipinski definition) is 7. The van der Waals surface area contributed by atoms with E-state index >= 15 is 0 Å². The van der Waals surface area contributed by atoms with Crippen LogP contribution in [0.4, 0.5) is 0 Å². The average molecular weight is 376 g/mol. The topological polar surface area (TPSA) is 113 Å². The van der Waals surface area contributed by atoms with Gasteiger partial charge in [0.1, 0.15) is 18.3 Å². The minimum atomic E-state index is -1.98. The van der Waals surface area contributed by atoms with E-state index in [0.29, 0.717) is 12.0 Å². The third-order valence-electron chi connectivity index (χ3n) is 8.19. The van der Waals surface area contributed by atoms with Crippen molar-refractivity contribution in [1.82, 2.24) is 0 Å². The Bertz CT molecular complexity index is 817. The minimum Gasteiger partial charge on any atom is -0.462 e. The summed E-state index contributed by atoms with van der Waals surface area (Å²) in [4.78, 5) is 24.8. The highest BCUT2D eigenvalue weighted by Crippen LogP contribution is 2.73. The molecule has 2 bridgehead atoms. The summed E-state index contributed by atoms with van der Waals surface area (Å²) in [5.74, 6) is -4.25. The predicted molar refractivity (Wildman–Crippen MR) is 90.9 cm³/mol. The van der Waals surface area contributed by atoms with Crippen molar-refractivity contribution in [3.63, 3.8) is 0 Å². The number of aliphatic hydroxyl groups excluding tert-OH is 2. The molecule has 0 aromatic carbocycles. The third kappa shape index (κ3) is 1.69. The van der Waals surface area contributed by atoms with E-state index in [9.17, 15) is 24.9 Å². The summed E-state index contributed by atoms with van der Waals surface area (Å²) >= 11 is 0. The molecule has 0 aromatic rings. The van der Waals surface area contributed by atoms with Gasteiger partial charge >= 0.3 is 5.97 Å². The van der Waals surface area contributed by atoms with Crippen molar-refractivity contribution in [2.24, 2.45) is 28.6 Å². The van der Waals surface area contributed by atoms with Crippen LogP contribution in [0.15, 0.2) is 23.8 Å². The first-order valence-corrected chi connectivity index (χ1v) is 9.41. The molecule has 0 amide bonds. The second-order valence-corrected chi connectivity index (χ2v) is 9.15. The van der Waals surface area contributed by atoms with Crippen LogP contribution in [0.25, 0.3) is 0 Å². The van der Waals surface area contributed by atoms with Gasteiger partial charge in [-0.25, -0.2) is 0 Å². The highest BCUT2D eigenvalue weighted by Gasteiger charge is 2.81. The molecule has 4 fully saturated rings. The van der Waals surface area contributed by atoms with Crippen LogP contribution in [0, 0.1) is 28.6 Å². The molecule has 3 aliphatic carbocycles. The molecule has 146 valence electrons. The summed E-state index contributed by atoms with van der Waals surface area (Å²) in [6, 6.07) is 0. The molecule has 2 saturated carbocycles. The zero-order valence-electron chi connectivity index (χ0n) is 15.3. The summed E-state index contributed by atoms with van der Waals surface area (Å²) in [5, 5.41) is 33.3. The number of carbonyl (C=O) groups is 2. The average Bonchev–Trinajstić information content (AvgIpc) is 2.90. The van der Waals surface area contributed by atoms with E-state index in [1.807, 2.05) is 6.92 Å². The van der Waals surface area contributed by atoms with Crippen molar-refractivity contribution in [2.45, 2.75) is 50.8 Å². The molecule has 9 atom stereocenters. The smallest absolute Gasteiger partial charge is 0.306 e. The van der Waals surface area contributed by atoms with Crippen molar-refractivity contribution < 1.29 is 34.4 Å². The second-order valence-electron chi connectivity index (χ2n) is 9.15. The molecule has 0 aromatic heterocycles. The number of aliphatic hydroxyl groups is 3. The number of ketones is 1. The fraction of sp³-hybridized carbons (Fsp3) is 0.700. The number of esters is 1. The fourth-order valence-electron chi connectivity index (χ4n) is 7.14. The lowest BCUT2D eigenvalue weighted by molar-refractivity contribution is -0.305. The number of rotatable bonds is 0. The summed E-state index contributed by atoms with van der Waals surface area (Å²) in [6.07, 6.45) is -1.36. The molecule has 0 unspecified atom stereocenters. The van der Waals surface area contributed by atoms with Crippen molar-refractivity contribution in [1.29, 1.82) is 0 Å². The van der Waals surface area contributed by atoms with E-state index in [-0.39, 0.29) is 24.9 Å². The van der Waals surface area contributed by atoms with Gasteiger partial charge in [-0.1, -0.05) is 19.1 Å². The van der Waals surface area contributed by atoms with Gasteiger partial charge in [0, 0.05) is 22.7 Å². The molecule has 0 radical (unpaired) electrons. The van der Waals surface area contributed by atoms with Crippen LogP contribution in [-0.4, -0.2) is 57.8 Å². The molecule has 27 heavy (non-hydrogen) atoms. The van der Waals surface area contributed by atoms with Gasteiger partial charge in [-0.3, -0.25) is 9.59 Å². The number of carbonyl (C=O) groups excluding carboxylic acids is 2. The van der Waals surface area contributed by atoms with Crippen molar-refractivity contribution in [2.75, 3.05) is 6.61 Å². The first-order chi connectivity index (χ1) is 12.6. The number of ether oxygens (including phenoxy) is 2. The summed E-state index contributed by atoms with van der Waals surface area (Å²) in [7, 11) is 0. The Kier molecular flexibility index (Phi) is 3.18. The molecule has 7 heteroatoms. The fourth-order valence-corrected chi connectivity index (χ4v) is 7.14. The van der Waals surface area contributed by atoms with Gasteiger partial charge in [0.05, 0.1) is 13.0 Å². The van der Waals surface area contributed by atoms with E-state index in [0.717, 1.165) is 5.57 Å². The van der Waals surface area contributed by atoms with Crippen LogP contribution in [-0.2, 0) is 19.1 Å². The molecule has 7 nitrogen and oxygen atoms in total. The van der Waals surface area contributed by atoms with E-state index < -0.39 is 52.5 Å². The van der Waals surface area contributed by atoms with Gasteiger partial charge < -0.3 is 24.8 Å². The Morgan fingerprint density at radius 1 is 1.22 bits per heavy atom. The van der Waals surface area contributed by atoms with Crippen molar-refractivity contribution in [3.05, 3.63) is 23.8 Å². The Labute approximate surface area is 156 Å². The lowest BCUT2D eigenvalue weighted by Gasteiger charge is -2.66. The Hall–Kier alpha value is -1.54. The highest BCUT2D eigenvalue weighted by molar-refractivity contribution is 5.96. The van der Waals surface area contributed by atoms with E-state index in [1.54, 1.807) is 6.92 Å². The Balaban J connectivity index is 1.79. The van der Waals surface area contributed by atoms with Crippen LogP contribution in [0.1, 0.15) is 26.7 Å². The van der Waals surface area contributed by atoms with E-state index in [4.69, 9.17) is 9.47 Å². The SMILES string of the molecule is C=C1[C@@H](O)[C@]2(O)OC[C@]34[C@H]2[C@@]2(C)[C@H](O)C(=O)C=C(C)[C@@H]2C[C@H]3OC(=O)C[C@@H]14. The van der Waals surface area contributed by atoms with Crippen LogP contribution in [0.3, 0.4) is 0 Å². The molecule has 5 rings (SSSR count). The molecule has 3 N–H and O–H groups in total. The Morgan fingerprint density at radius 3 is 2.63 bits per heavy atom. The molecule has 5 aliphatic rings. The summed E-state index contributed by atoms with van der Waals surface area (Å²) in [5.41, 5.74) is -0.730. The van der Waals surface area contributed by atoms with Crippen LogP contribution in [0.5, 0.6) is 0 Å². The zero-order chi connectivity index (χ0) is 19.5. The zero-order valence-corrected chi connectivity index (χ0v) is 15.3. The van der Waals surface area contributed by atoms with Gasteiger partial charge in [-0.05, 0) is 30.9 Å². The third-order valence-corrected chi connectivity index (χ3v) is 8.19. The van der Waals surface area contributed by atoms with Gasteiger partial charge in [0.25, 0.3) is 0 Å². The largest absolute Gasteiger partial charge is 0.462 e. The predicted octanol–water partition coefficient (Wildman–Crippen LogP) is 0.0863. The number of allylic oxidation sites excluding steroid dienone is 1. The minimum absolute atomic E-state index is 0.0436. The molecule has 1 spiro atoms. The summed E-state index contributed by atoms with van der Waals surface area (Å²) < 4.78 is 11.5.